The summed E-state index contributed by atoms with van der Waals surface area (Å²) in [7, 11) is 0. The van der Waals surface area contributed by atoms with Gasteiger partial charge < -0.3 is 9.30 Å². The summed E-state index contributed by atoms with van der Waals surface area (Å²) in [6, 6.07) is 11.7. The van der Waals surface area contributed by atoms with Crippen molar-refractivity contribution in [3.8, 4) is 6.07 Å². The molecule has 3 aromatic rings. The van der Waals surface area contributed by atoms with Crippen LogP contribution in [0.5, 0.6) is 0 Å². The van der Waals surface area contributed by atoms with Gasteiger partial charge in [0.05, 0.1) is 29.1 Å². The van der Waals surface area contributed by atoms with E-state index in [4.69, 9.17) is 4.74 Å². The summed E-state index contributed by atoms with van der Waals surface area (Å²) in [6.07, 6.45) is 6.81. The first-order valence-electron chi connectivity index (χ1n) is 10.3. The number of nitrogens with one attached hydrogen (secondary N) is 1. The van der Waals surface area contributed by atoms with Gasteiger partial charge in [-0.05, 0) is 57.4 Å². The van der Waals surface area contributed by atoms with Crippen LogP contribution in [0.4, 0.5) is 5.95 Å². The average molecular weight is 403 g/mol. The number of rotatable bonds is 7. The molecule has 0 saturated heterocycles. The Balaban J connectivity index is 1.63. The third kappa shape index (κ3) is 3.79. The lowest BCUT2D eigenvalue weighted by Gasteiger charge is -2.30. The van der Waals surface area contributed by atoms with Gasteiger partial charge in [-0.1, -0.05) is 6.07 Å². The quantitative estimate of drug-likeness (QED) is 0.634. The van der Waals surface area contributed by atoms with E-state index in [1.54, 1.807) is 18.5 Å². The van der Waals surface area contributed by atoms with Crippen molar-refractivity contribution >= 4 is 22.9 Å². The summed E-state index contributed by atoms with van der Waals surface area (Å²) in [6.45, 7) is 4.30. The van der Waals surface area contributed by atoms with Crippen molar-refractivity contribution in [2.24, 2.45) is 0 Å². The molecule has 154 valence electrons. The summed E-state index contributed by atoms with van der Waals surface area (Å²) in [4.78, 5) is 21.9. The number of imidazole rings is 1. The van der Waals surface area contributed by atoms with E-state index in [2.05, 4.69) is 25.9 Å². The van der Waals surface area contributed by atoms with Gasteiger partial charge in [-0.3, -0.25) is 15.1 Å². The van der Waals surface area contributed by atoms with Gasteiger partial charge >= 0.3 is 0 Å². The molecule has 1 aromatic carbocycles. The second-order valence-corrected chi connectivity index (χ2v) is 7.84. The molecule has 1 saturated carbocycles. The monoisotopic (exact) mass is 403 g/mol. The van der Waals surface area contributed by atoms with Crippen molar-refractivity contribution in [1.29, 1.82) is 5.26 Å². The number of fused-ring (bicyclic) bond motifs is 1. The predicted molar refractivity (Wildman–Crippen MR) is 114 cm³/mol. The van der Waals surface area contributed by atoms with Gasteiger partial charge in [0.1, 0.15) is 5.60 Å². The highest BCUT2D eigenvalue weighted by Crippen LogP contribution is 2.38. The molecule has 7 nitrogen and oxygen atoms in total. The number of ether oxygens (including phenoxy) is 1. The fourth-order valence-corrected chi connectivity index (χ4v) is 3.97. The normalized spacial score (nSPS) is 15.9. The maximum Gasteiger partial charge on any atom is 0.229 e. The van der Waals surface area contributed by atoms with Gasteiger partial charge in [-0.2, -0.15) is 5.26 Å². The second-order valence-electron chi connectivity index (χ2n) is 7.84. The molecule has 0 spiro atoms. The lowest BCUT2D eigenvalue weighted by atomic mass is 9.92. The van der Waals surface area contributed by atoms with E-state index >= 15 is 0 Å². The number of carbonyl (C=O) groups is 1. The highest BCUT2D eigenvalue weighted by atomic mass is 16.5. The summed E-state index contributed by atoms with van der Waals surface area (Å²) in [5.41, 5.74) is 2.31. The topological polar surface area (TPSA) is 92.8 Å². The van der Waals surface area contributed by atoms with Gasteiger partial charge in [0, 0.05) is 30.6 Å². The lowest BCUT2D eigenvalue weighted by molar-refractivity contribution is -0.124. The molecule has 1 atom stereocenters. The van der Waals surface area contributed by atoms with Gasteiger partial charge in [0.25, 0.3) is 0 Å². The largest absolute Gasteiger partial charge is 0.370 e. The molecule has 1 amide bonds. The van der Waals surface area contributed by atoms with E-state index < -0.39 is 5.60 Å². The summed E-state index contributed by atoms with van der Waals surface area (Å²) in [5, 5.41) is 12.3. The van der Waals surface area contributed by atoms with Crippen molar-refractivity contribution in [2.45, 2.75) is 51.2 Å². The fraction of sp³-hybridized carbons (Fsp3) is 0.391. The van der Waals surface area contributed by atoms with Crippen LogP contribution in [-0.2, 0) is 15.1 Å². The second kappa shape index (κ2) is 8.25. The molecule has 7 heteroatoms. The number of aromatic nitrogens is 3. The summed E-state index contributed by atoms with van der Waals surface area (Å²) >= 11 is 0. The van der Waals surface area contributed by atoms with Crippen LogP contribution in [-0.4, -0.2) is 27.0 Å². The first kappa shape index (κ1) is 20.0. The molecule has 0 bridgehead atoms. The molecule has 1 aliphatic rings. The van der Waals surface area contributed by atoms with Crippen LogP contribution < -0.4 is 5.32 Å². The van der Waals surface area contributed by atoms with E-state index in [9.17, 15) is 10.1 Å². The Morgan fingerprint density at radius 2 is 2.23 bits per heavy atom. The SMILES string of the molecule is CCO[C@@](C)(CC(=O)Nc1nc2ccc(C#N)cc2n1C1CCC1)c1cccnc1. The Kier molecular flexibility index (Phi) is 5.51. The van der Waals surface area contributed by atoms with E-state index in [1.165, 1.54) is 0 Å². The zero-order valence-electron chi connectivity index (χ0n) is 17.3. The Morgan fingerprint density at radius 3 is 2.87 bits per heavy atom. The molecule has 0 unspecified atom stereocenters. The summed E-state index contributed by atoms with van der Waals surface area (Å²) in [5.74, 6) is 0.353. The molecule has 30 heavy (non-hydrogen) atoms. The van der Waals surface area contributed by atoms with E-state index in [0.717, 1.165) is 35.9 Å². The zero-order chi connectivity index (χ0) is 21.1. The van der Waals surface area contributed by atoms with Crippen molar-refractivity contribution in [3.63, 3.8) is 0 Å². The first-order valence-corrected chi connectivity index (χ1v) is 10.3. The Bertz CT molecular complexity index is 1100. The molecule has 2 heterocycles. The predicted octanol–water partition coefficient (Wildman–Crippen LogP) is 4.31. The molecule has 1 fully saturated rings. The number of amides is 1. The van der Waals surface area contributed by atoms with Crippen LogP contribution in [0, 0.1) is 11.3 Å². The van der Waals surface area contributed by atoms with Crippen molar-refractivity contribution in [2.75, 3.05) is 11.9 Å². The van der Waals surface area contributed by atoms with Crippen LogP contribution in [0.25, 0.3) is 11.0 Å². The molecule has 1 N–H and O–H groups in total. The van der Waals surface area contributed by atoms with Gasteiger partial charge in [0.15, 0.2) is 0 Å². The number of anilines is 1. The van der Waals surface area contributed by atoms with E-state index in [0.29, 0.717) is 18.1 Å². The average Bonchev–Trinajstić information content (AvgIpc) is 3.04. The van der Waals surface area contributed by atoms with E-state index in [-0.39, 0.29) is 18.4 Å². The minimum Gasteiger partial charge on any atom is -0.370 e. The number of hydrogen-bond acceptors (Lipinski definition) is 5. The van der Waals surface area contributed by atoms with Crippen LogP contribution in [0.15, 0.2) is 42.7 Å². The molecule has 1 aliphatic carbocycles. The maximum absolute atomic E-state index is 13.0. The number of nitriles is 1. The fourth-order valence-electron chi connectivity index (χ4n) is 3.97. The first-order chi connectivity index (χ1) is 14.5. The molecule has 4 rings (SSSR count). The molecular formula is C23H25N5O2. The molecular weight excluding hydrogens is 378 g/mol. The van der Waals surface area contributed by atoms with Gasteiger partial charge in [-0.15, -0.1) is 0 Å². The van der Waals surface area contributed by atoms with Gasteiger partial charge in [0.2, 0.25) is 11.9 Å². The standard InChI is InChI=1S/C23H25N5O2/c1-3-30-23(2,17-6-5-11-25-15-17)13-21(29)27-22-26-19-10-9-16(14-24)12-20(19)28(22)18-7-4-8-18/h5-6,9-12,15,18H,3-4,7-8,13H2,1-2H3,(H,26,27,29)/t23-/m0/s1. The number of benzene rings is 1. The van der Waals surface area contributed by atoms with Crippen molar-refractivity contribution in [1.82, 2.24) is 14.5 Å². The Hall–Kier alpha value is -3.24. The summed E-state index contributed by atoms with van der Waals surface area (Å²) < 4.78 is 8.03. The highest BCUT2D eigenvalue weighted by molar-refractivity contribution is 5.92. The number of pyridine rings is 1. The third-order valence-electron chi connectivity index (χ3n) is 5.74. The maximum atomic E-state index is 13.0. The van der Waals surface area contributed by atoms with Crippen molar-refractivity contribution in [3.05, 3.63) is 53.9 Å². The third-order valence-corrected chi connectivity index (χ3v) is 5.74. The van der Waals surface area contributed by atoms with E-state index in [1.807, 2.05) is 38.1 Å². The number of hydrogen-bond donors (Lipinski definition) is 1. The zero-order valence-corrected chi connectivity index (χ0v) is 17.3. The minimum absolute atomic E-state index is 0.143. The van der Waals surface area contributed by atoms with Crippen LogP contribution in [0.2, 0.25) is 0 Å². The highest BCUT2D eigenvalue weighted by Gasteiger charge is 2.32. The lowest BCUT2D eigenvalue weighted by Crippen LogP contribution is -2.32. The minimum atomic E-state index is -0.783. The molecule has 2 aromatic heterocycles. The number of nitrogens with zero attached hydrogens (tertiary/aromatic N) is 4. The van der Waals surface area contributed by atoms with Gasteiger partial charge in [-0.25, -0.2) is 4.98 Å². The Labute approximate surface area is 175 Å². The van der Waals surface area contributed by atoms with Crippen LogP contribution in [0.3, 0.4) is 0 Å². The molecule has 0 radical (unpaired) electrons. The Morgan fingerprint density at radius 1 is 1.40 bits per heavy atom. The number of carbonyl (C=O) groups excluding carboxylic acids is 1. The van der Waals surface area contributed by atoms with Crippen molar-refractivity contribution < 1.29 is 9.53 Å². The van der Waals surface area contributed by atoms with Crippen LogP contribution >= 0.6 is 0 Å². The van der Waals surface area contributed by atoms with Crippen LogP contribution in [0.1, 0.15) is 56.7 Å². The molecule has 0 aliphatic heterocycles. The smallest absolute Gasteiger partial charge is 0.229 e.